The van der Waals surface area contributed by atoms with Crippen LogP contribution in [0.3, 0.4) is 0 Å². The molecule has 2 nitrogen and oxygen atoms in total. The van der Waals surface area contributed by atoms with E-state index in [1.165, 1.54) is 44.9 Å². The Morgan fingerprint density at radius 1 is 1.15 bits per heavy atom. The van der Waals surface area contributed by atoms with E-state index in [2.05, 4.69) is 5.32 Å². The lowest BCUT2D eigenvalue weighted by Crippen LogP contribution is -2.32. The van der Waals surface area contributed by atoms with Crippen LogP contribution in [-0.2, 0) is 0 Å². The Morgan fingerprint density at radius 3 is 2.46 bits per heavy atom. The molecule has 2 rings (SSSR count). The van der Waals surface area contributed by atoms with Gasteiger partial charge in [-0.05, 0) is 44.6 Å². The van der Waals surface area contributed by atoms with E-state index >= 15 is 0 Å². The highest BCUT2D eigenvalue weighted by Crippen LogP contribution is 2.32. The van der Waals surface area contributed by atoms with Crippen LogP contribution in [-0.4, -0.2) is 18.6 Å². The summed E-state index contributed by atoms with van der Waals surface area (Å²) in [6, 6.07) is 1.29. The number of nitrogens with two attached hydrogens (primary N) is 1. The Balaban J connectivity index is 1.52. The summed E-state index contributed by atoms with van der Waals surface area (Å²) >= 11 is 0. The molecule has 0 spiro atoms. The summed E-state index contributed by atoms with van der Waals surface area (Å²) in [5, 5.41) is 3.62. The van der Waals surface area contributed by atoms with E-state index < -0.39 is 0 Å². The maximum atomic E-state index is 6.02. The van der Waals surface area contributed by atoms with Gasteiger partial charge in [-0.1, -0.05) is 12.8 Å². The minimum Gasteiger partial charge on any atom is -0.327 e. The van der Waals surface area contributed by atoms with Crippen molar-refractivity contribution in [3.63, 3.8) is 0 Å². The summed E-state index contributed by atoms with van der Waals surface area (Å²) < 4.78 is 0. The molecule has 1 unspecified atom stereocenters. The monoisotopic (exact) mass is 182 g/mol. The third-order valence-corrected chi connectivity index (χ3v) is 3.49. The van der Waals surface area contributed by atoms with Crippen LogP contribution in [0.15, 0.2) is 0 Å². The van der Waals surface area contributed by atoms with Gasteiger partial charge in [-0.15, -0.1) is 0 Å². The molecule has 0 radical (unpaired) electrons. The molecule has 0 aromatic heterocycles. The second-order valence-electron chi connectivity index (χ2n) is 4.73. The minimum absolute atomic E-state index is 0.480. The third-order valence-electron chi connectivity index (χ3n) is 3.49. The number of hydrogen-bond acceptors (Lipinski definition) is 2. The molecule has 76 valence electrons. The predicted molar refractivity (Wildman–Crippen MR) is 55.6 cm³/mol. The van der Waals surface area contributed by atoms with Crippen molar-refractivity contribution in [1.82, 2.24) is 5.32 Å². The Kier molecular flexibility index (Phi) is 3.23. The quantitative estimate of drug-likeness (QED) is 0.678. The molecule has 2 heteroatoms. The number of hydrogen-bond donors (Lipinski definition) is 2. The fraction of sp³-hybridized carbons (Fsp3) is 1.00. The molecule has 0 saturated heterocycles. The van der Waals surface area contributed by atoms with Crippen molar-refractivity contribution in [2.75, 3.05) is 6.54 Å². The summed E-state index contributed by atoms with van der Waals surface area (Å²) in [6.07, 6.45) is 9.56. The van der Waals surface area contributed by atoms with Crippen LogP contribution in [0.25, 0.3) is 0 Å². The van der Waals surface area contributed by atoms with Crippen LogP contribution in [0.2, 0.25) is 0 Å². The van der Waals surface area contributed by atoms with E-state index in [1.54, 1.807) is 0 Å². The topological polar surface area (TPSA) is 38.0 Å². The smallest absolute Gasteiger partial charge is 0.00792 e. The zero-order valence-electron chi connectivity index (χ0n) is 8.47. The lowest BCUT2D eigenvalue weighted by Gasteiger charge is -2.14. The standard InChI is InChI=1S/C11H22N2/c12-11(9-5-6-9)7-8-13-10-3-1-2-4-10/h9-11,13H,1-8,12H2. The van der Waals surface area contributed by atoms with Gasteiger partial charge < -0.3 is 11.1 Å². The molecule has 2 saturated carbocycles. The first kappa shape index (κ1) is 9.47. The van der Waals surface area contributed by atoms with Crippen LogP contribution < -0.4 is 11.1 Å². The van der Waals surface area contributed by atoms with Gasteiger partial charge in [0.25, 0.3) is 0 Å². The van der Waals surface area contributed by atoms with Gasteiger partial charge in [-0.25, -0.2) is 0 Å². The Bertz CT molecular complexity index is 146. The molecule has 13 heavy (non-hydrogen) atoms. The van der Waals surface area contributed by atoms with Crippen LogP contribution in [0.4, 0.5) is 0 Å². The highest BCUT2D eigenvalue weighted by molar-refractivity contribution is 4.84. The number of nitrogens with one attached hydrogen (secondary N) is 1. The zero-order valence-corrected chi connectivity index (χ0v) is 8.47. The van der Waals surface area contributed by atoms with Crippen molar-refractivity contribution in [3.05, 3.63) is 0 Å². The average Bonchev–Trinajstić information content (AvgIpc) is 2.86. The lowest BCUT2D eigenvalue weighted by atomic mass is 10.1. The molecule has 3 N–H and O–H groups in total. The highest BCUT2D eigenvalue weighted by atomic mass is 14.9. The van der Waals surface area contributed by atoms with Gasteiger partial charge >= 0.3 is 0 Å². The molecule has 0 bridgehead atoms. The van der Waals surface area contributed by atoms with Crippen LogP contribution in [0.1, 0.15) is 44.9 Å². The van der Waals surface area contributed by atoms with E-state index in [0.29, 0.717) is 6.04 Å². The van der Waals surface area contributed by atoms with E-state index in [0.717, 1.165) is 18.5 Å². The minimum atomic E-state index is 0.480. The van der Waals surface area contributed by atoms with Crippen molar-refractivity contribution in [2.24, 2.45) is 11.7 Å². The summed E-state index contributed by atoms with van der Waals surface area (Å²) in [5.74, 6) is 0.866. The van der Waals surface area contributed by atoms with E-state index in [4.69, 9.17) is 5.73 Å². The third kappa shape index (κ3) is 2.96. The lowest BCUT2D eigenvalue weighted by molar-refractivity contribution is 0.467. The molecule has 1 atom stereocenters. The van der Waals surface area contributed by atoms with Crippen molar-refractivity contribution >= 4 is 0 Å². The van der Waals surface area contributed by atoms with Crippen LogP contribution in [0.5, 0.6) is 0 Å². The van der Waals surface area contributed by atoms with Crippen molar-refractivity contribution < 1.29 is 0 Å². The molecule has 0 aromatic rings. The first-order valence-electron chi connectivity index (χ1n) is 5.85. The summed E-state index contributed by atoms with van der Waals surface area (Å²) in [6.45, 7) is 1.14. The van der Waals surface area contributed by atoms with Crippen molar-refractivity contribution in [1.29, 1.82) is 0 Å². The highest BCUT2D eigenvalue weighted by Gasteiger charge is 2.28. The fourth-order valence-corrected chi connectivity index (χ4v) is 2.34. The first-order chi connectivity index (χ1) is 6.36. The maximum absolute atomic E-state index is 6.02. The molecule has 0 amide bonds. The number of rotatable bonds is 5. The van der Waals surface area contributed by atoms with Crippen molar-refractivity contribution in [3.8, 4) is 0 Å². The molecule has 0 heterocycles. The molecule has 0 aliphatic heterocycles. The normalized spacial score (nSPS) is 26.5. The van der Waals surface area contributed by atoms with Gasteiger partial charge in [0.05, 0.1) is 0 Å². The van der Waals surface area contributed by atoms with Gasteiger partial charge in [0.1, 0.15) is 0 Å². The Morgan fingerprint density at radius 2 is 1.85 bits per heavy atom. The Labute approximate surface area is 81.3 Å². The van der Waals surface area contributed by atoms with Gasteiger partial charge in [0.15, 0.2) is 0 Å². The van der Waals surface area contributed by atoms with E-state index in [9.17, 15) is 0 Å². The Hall–Kier alpha value is -0.0800. The SMILES string of the molecule is NC(CCNC1CCCC1)C1CC1. The van der Waals surface area contributed by atoms with Gasteiger partial charge in [0, 0.05) is 12.1 Å². The molecule has 2 aliphatic rings. The zero-order chi connectivity index (χ0) is 9.10. The van der Waals surface area contributed by atoms with Gasteiger partial charge in [-0.3, -0.25) is 0 Å². The van der Waals surface area contributed by atoms with E-state index in [-0.39, 0.29) is 0 Å². The maximum Gasteiger partial charge on any atom is 0.00792 e. The largest absolute Gasteiger partial charge is 0.327 e. The summed E-state index contributed by atoms with van der Waals surface area (Å²) in [4.78, 5) is 0. The average molecular weight is 182 g/mol. The summed E-state index contributed by atoms with van der Waals surface area (Å²) in [7, 11) is 0. The fourth-order valence-electron chi connectivity index (χ4n) is 2.34. The second kappa shape index (κ2) is 4.43. The van der Waals surface area contributed by atoms with Gasteiger partial charge in [0.2, 0.25) is 0 Å². The predicted octanol–water partition coefficient (Wildman–Crippen LogP) is 1.65. The van der Waals surface area contributed by atoms with Crippen LogP contribution in [0, 0.1) is 5.92 Å². The molecule has 2 aliphatic carbocycles. The van der Waals surface area contributed by atoms with Crippen LogP contribution >= 0.6 is 0 Å². The molecular weight excluding hydrogens is 160 g/mol. The molecular formula is C11H22N2. The summed E-state index contributed by atoms with van der Waals surface area (Å²) in [5.41, 5.74) is 6.02. The molecule has 0 aromatic carbocycles. The van der Waals surface area contributed by atoms with Gasteiger partial charge in [-0.2, -0.15) is 0 Å². The molecule has 2 fully saturated rings. The van der Waals surface area contributed by atoms with E-state index in [1.807, 2.05) is 0 Å². The second-order valence-corrected chi connectivity index (χ2v) is 4.73. The van der Waals surface area contributed by atoms with Crippen molar-refractivity contribution in [2.45, 2.75) is 57.0 Å². The first-order valence-corrected chi connectivity index (χ1v) is 5.85.